The van der Waals surface area contributed by atoms with Crippen LogP contribution in [0.2, 0.25) is 5.02 Å². The van der Waals surface area contributed by atoms with Crippen LogP contribution >= 0.6 is 11.6 Å². The number of hydrogen-bond donors (Lipinski definition) is 1. The van der Waals surface area contributed by atoms with Crippen molar-refractivity contribution in [2.24, 2.45) is 0 Å². The molecule has 0 aliphatic rings. The van der Waals surface area contributed by atoms with Gasteiger partial charge in [-0.2, -0.15) is 0 Å². The van der Waals surface area contributed by atoms with Crippen LogP contribution in [-0.2, 0) is 0 Å². The zero-order valence-corrected chi connectivity index (χ0v) is 12.9. The minimum Gasteiger partial charge on any atom is -0.496 e. The Balaban J connectivity index is 2.39. The van der Waals surface area contributed by atoms with Crippen molar-refractivity contribution in [3.05, 3.63) is 64.2 Å². The molecule has 3 heteroatoms. The van der Waals surface area contributed by atoms with E-state index in [1.807, 2.05) is 19.1 Å². The summed E-state index contributed by atoms with van der Waals surface area (Å²) in [5.74, 6) is 0.916. The number of aryl methyl sites for hydroxylation is 1. The van der Waals surface area contributed by atoms with Crippen molar-refractivity contribution >= 4 is 11.6 Å². The van der Waals surface area contributed by atoms with Gasteiger partial charge in [-0.25, -0.2) is 0 Å². The molecule has 0 aliphatic carbocycles. The first kappa shape index (κ1) is 14.9. The van der Waals surface area contributed by atoms with Crippen molar-refractivity contribution in [2.75, 3.05) is 13.7 Å². The van der Waals surface area contributed by atoms with Gasteiger partial charge in [0.2, 0.25) is 0 Å². The maximum Gasteiger partial charge on any atom is 0.122 e. The number of hydrogen-bond acceptors (Lipinski definition) is 2. The predicted molar refractivity (Wildman–Crippen MR) is 84.7 cm³/mol. The smallest absolute Gasteiger partial charge is 0.122 e. The van der Waals surface area contributed by atoms with Gasteiger partial charge in [0.05, 0.1) is 13.2 Å². The first-order chi connectivity index (χ1) is 9.65. The van der Waals surface area contributed by atoms with Crippen LogP contribution in [0.15, 0.2) is 42.5 Å². The monoisotopic (exact) mass is 289 g/mol. The Kier molecular flexibility index (Phi) is 5.05. The first-order valence-electron chi connectivity index (χ1n) is 6.79. The van der Waals surface area contributed by atoms with Crippen LogP contribution in [0, 0.1) is 6.92 Å². The normalized spacial score (nSPS) is 12.2. The Morgan fingerprint density at radius 3 is 2.35 bits per heavy atom. The van der Waals surface area contributed by atoms with Crippen molar-refractivity contribution in [3.8, 4) is 5.75 Å². The van der Waals surface area contributed by atoms with Crippen molar-refractivity contribution in [2.45, 2.75) is 19.9 Å². The van der Waals surface area contributed by atoms with E-state index in [0.29, 0.717) is 0 Å². The van der Waals surface area contributed by atoms with E-state index in [0.717, 1.165) is 22.9 Å². The molecule has 2 aromatic carbocycles. The van der Waals surface area contributed by atoms with Gasteiger partial charge >= 0.3 is 0 Å². The first-order valence-corrected chi connectivity index (χ1v) is 7.17. The Morgan fingerprint density at radius 2 is 1.75 bits per heavy atom. The highest BCUT2D eigenvalue weighted by molar-refractivity contribution is 6.30. The third kappa shape index (κ3) is 3.33. The van der Waals surface area contributed by atoms with Crippen molar-refractivity contribution < 1.29 is 4.74 Å². The van der Waals surface area contributed by atoms with Crippen LogP contribution in [0.3, 0.4) is 0 Å². The second kappa shape index (κ2) is 6.78. The lowest BCUT2D eigenvalue weighted by atomic mass is 9.97. The molecule has 20 heavy (non-hydrogen) atoms. The van der Waals surface area contributed by atoms with E-state index in [1.54, 1.807) is 7.11 Å². The quantitative estimate of drug-likeness (QED) is 0.883. The van der Waals surface area contributed by atoms with Gasteiger partial charge in [-0.05, 0) is 48.4 Å². The molecule has 0 radical (unpaired) electrons. The third-order valence-corrected chi connectivity index (χ3v) is 3.63. The Labute approximate surface area is 125 Å². The number of benzene rings is 2. The van der Waals surface area contributed by atoms with Crippen molar-refractivity contribution in [1.29, 1.82) is 0 Å². The largest absolute Gasteiger partial charge is 0.496 e. The molecule has 1 unspecified atom stereocenters. The fourth-order valence-electron chi connectivity index (χ4n) is 2.30. The second-order valence-electron chi connectivity index (χ2n) is 4.77. The molecule has 0 amide bonds. The molecule has 2 nitrogen and oxygen atoms in total. The van der Waals surface area contributed by atoms with Gasteiger partial charge in [-0.3, -0.25) is 0 Å². The van der Waals surface area contributed by atoms with Crippen LogP contribution in [-0.4, -0.2) is 13.7 Å². The zero-order valence-electron chi connectivity index (χ0n) is 12.1. The summed E-state index contributed by atoms with van der Waals surface area (Å²) in [6, 6.07) is 14.4. The predicted octanol–water partition coefficient (Wildman–Crippen LogP) is 4.36. The molecule has 0 saturated heterocycles. The van der Waals surface area contributed by atoms with Gasteiger partial charge < -0.3 is 10.1 Å². The number of nitrogens with one attached hydrogen (secondary N) is 1. The fraction of sp³-hybridized carbons (Fsp3) is 0.294. The molecule has 0 saturated carbocycles. The molecule has 0 aromatic heterocycles. The lowest BCUT2D eigenvalue weighted by Crippen LogP contribution is -2.22. The van der Waals surface area contributed by atoms with E-state index in [-0.39, 0.29) is 6.04 Å². The average Bonchev–Trinajstić information content (AvgIpc) is 2.47. The molecule has 0 heterocycles. The lowest BCUT2D eigenvalue weighted by molar-refractivity contribution is 0.410. The minimum absolute atomic E-state index is 0.145. The van der Waals surface area contributed by atoms with Gasteiger partial charge in [0.1, 0.15) is 5.75 Å². The molecule has 1 atom stereocenters. The molecule has 1 N–H and O–H groups in total. The molecule has 2 aromatic rings. The van der Waals surface area contributed by atoms with Gasteiger partial charge in [0.25, 0.3) is 0 Å². The summed E-state index contributed by atoms with van der Waals surface area (Å²) < 4.78 is 5.42. The maximum absolute atomic E-state index is 5.97. The minimum atomic E-state index is 0.145. The van der Waals surface area contributed by atoms with Crippen LogP contribution in [0.25, 0.3) is 0 Å². The number of halogens is 1. The molecule has 0 aliphatic heterocycles. The van der Waals surface area contributed by atoms with Gasteiger partial charge in [-0.1, -0.05) is 42.8 Å². The Bertz CT molecular complexity index is 566. The molecule has 106 valence electrons. The Morgan fingerprint density at radius 1 is 1.10 bits per heavy atom. The molecular formula is C17H20ClNO. The Hall–Kier alpha value is -1.51. The van der Waals surface area contributed by atoms with Gasteiger partial charge in [-0.15, -0.1) is 0 Å². The van der Waals surface area contributed by atoms with Crippen molar-refractivity contribution in [1.82, 2.24) is 5.32 Å². The fourth-order valence-corrected chi connectivity index (χ4v) is 2.43. The van der Waals surface area contributed by atoms with E-state index in [4.69, 9.17) is 16.3 Å². The molecule has 0 spiro atoms. The number of rotatable bonds is 5. The number of methoxy groups -OCH3 is 1. The van der Waals surface area contributed by atoms with Crippen LogP contribution in [0.1, 0.15) is 29.7 Å². The topological polar surface area (TPSA) is 21.3 Å². The summed E-state index contributed by atoms with van der Waals surface area (Å²) in [4.78, 5) is 0. The van der Waals surface area contributed by atoms with Crippen LogP contribution < -0.4 is 10.1 Å². The number of ether oxygens (including phenoxy) is 1. The average molecular weight is 290 g/mol. The summed E-state index contributed by atoms with van der Waals surface area (Å²) in [6.45, 7) is 5.05. The van der Waals surface area contributed by atoms with Gasteiger partial charge in [0, 0.05) is 5.02 Å². The molecule has 2 rings (SSSR count). The molecular weight excluding hydrogens is 270 g/mol. The van der Waals surface area contributed by atoms with Crippen LogP contribution in [0.5, 0.6) is 5.75 Å². The van der Waals surface area contributed by atoms with E-state index >= 15 is 0 Å². The zero-order chi connectivity index (χ0) is 14.5. The van der Waals surface area contributed by atoms with Gasteiger partial charge in [0.15, 0.2) is 0 Å². The van der Waals surface area contributed by atoms with E-state index in [9.17, 15) is 0 Å². The van der Waals surface area contributed by atoms with E-state index < -0.39 is 0 Å². The van der Waals surface area contributed by atoms with Crippen molar-refractivity contribution in [3.63, 3.8) is 0 Å². The summed E-state index contributed by atoms with van der Waals surface area (Å²) in [5.41, 5.74) is 3.53. The highest BCUT2D eigenvalue weighted by Gasteiger charge is 2.14. The summed E-state index contributed by atoms with van der Waals surface area (Å²) in [7, 11) is 1.71. The highest BCUT2D eigenvalue weighted by atomic mass is 35.5. The second-order valence-corrected chi connectivity index (χ2v) is 5.21. The van der Waals surface area contributed by atoms with E-state index in [2.05, 4.69) is 42.6 Å². The highest BCUT2D eigenvalue weighted by Crippen LogP contribution is 2.28. The third-order valence-electron chi connectivity index (χ3n) is 3.38. The lowest BCUT2D eigenvalue weighted by Gasteiger charge is -2.20. The SMILES string of the molecule is CCNC(c1ccc(Cl)cc1)c1ccc(C)c(OC)c1. The molecule has 0 bridgehead atoms. The summed E-state index contributed by atoms with van der Waals surface area (Å²) in [5, 5.41) is 4.26. The summed E-state index contributed by atoms with van der Waals surface area (Å²) in [6.07, 6.45) is 0. The standard InChI is InChI=1S/C17H20ClNO/c1-4-19-17(13-7-9-15(18)10-8-13)14-6-5-12(2)16(11-14)20-3/h5-11,17,19H,4H2,1-3H3. The maximum atomic E-state index is 5.97. The van der Waals surface area contributed by atoms with E-state index in [1.165, 1.54) is 11.1 Å². The molecule has 0 fully saturated rings. The van der Waals surface area contributed by atoms with Crippen LogP contribution in [0.4, 0.5) is 0 Å². The summed E-state index contributed by atoms with van der Waals surface area (Å²) >= 11 is 5.97.